The van der Waals surface area contributed by atoms with Crippen molar-refractivity contribution >= 4 is 11.9 Å². The largest absolute Gasteiger partial charge is 0.480 e. The van der Waals surface area contributed by atoms with Gasteiger partial charge in [-0.05, 0) is 19.4 Å². The minimum atomic E-state index is -1.33. The van der Waals surface area contributed by atoms with E-state index in [-0.39, 0.29) is 12.0 Å². The van der Waals surface area contributed by atoms with Gasteiger partial charge in [-0.15, -0.1) is 0 Å². The van der Waals surface area contributed by atoms with Crippen LogP contribution in [0.15, 0.2) is 23.1 Å². The van der Waals surface area contributed by atoms with Crippen LogP contribution in [-0.2, 0) is 4.79 Å². The average Bonchev–Trinajstić information content (AvgIpc) is 2.28. The Morgan fingerprint density at radius 2 is 2.18 bits per heavy atom. The number of hydrogen-bond donors (Lipinski definition) is 3. The van der Waals surface area contributed by atoms with Crippen LogP contribution in [0.2, 0.25) is 0 Å². The van der Waals surface area contributed by atoms with Crippen molar-refractivity contribution in [3.8, 4) is 0 Å². The van der Waals surface area contributed by atoms with Crippen LogP contribution in [0.1, 0.15) is 30.6 Å². The number of aromatic amines is 1. The highest BCUT2D eigenvalue weighted by Gasteiger charge is 2.32. The maximum atomic E-state index is 11.7. The molecule has 1 aromatic heterocycles. The molecule has 3 N–H and O–H groups in total. The van der Waals surface area contributed by atoms with Crippen LogP contribution in [0, 0.1) is 0 Å². The van der Waals surface area contributed by atoms with Crippen LogP contribution < -0.4 is 10.9 Å². The number of pyridine rings is 1. The summed E-state index contributed by atoms with van der Waals surface area (Å²) < 4.78 is 0. The van der Waals surface area contributed by atoms with Gasteiger partial charge in [0.15, 0.2) is 0 Å². The number of carbonyl (C=O) groups is 2. The van der Waals surface area contributed by atoms with Crippen LogP contribution in [-0.4, -0.2) is 27.5 Å². The molecule has 1 aromatic rings. The fraction of sp³-hybridized carbons (Fsp3) is 0.364. The summed E-state index contributed by atoms with van der Waals surface area (Å²) in [7, 11) is 0. The SMILES string of the molecule is CCC(C)(NC(=O)c1cc[nH]c(=O)c1)C(=O)O. The van der Waals surface area contributed by atoms with Crippen LogP contribution in [0.25, 0.3) is 0 Å². The highest BCUT2D eigenvalue weighted by molar-refractivity contribution is 5.97. The first-order chi connectivity index (χ1) is 7.89. The van der Waals surface area contributed by atoms with Gasteiger partial charge in [-0.25, -0.2) is 4.79 Å². The maximum absolute atomic E-state index is 11.7. The van der Waals surface area contributed by atoms with E-state index < -0.39 is 23.0 Å². The number of carboxylic acid groups (broad SMARTS) is 1. The van der Waals surface area contributed by atoms with Gasteiger partial charge in [0.25, 0.3) is 5.91 Å². The molecule has 6 heteroatoms. The van der Waals surface area contributed by atoms with Crippen molar-refractivity contribution in [1.82, 2.24) is 10.3 Å². The molecule has 0 spiro atoms. The molecule has 0 aromatic carbocycles. The van der Waals surface area contributed by atoms with Crippen molar-refractivity contribution < 1.29 is 14.7 Å². The Hall–Kier alpha value is -2.11. The normalized spacial score (nSPS) is 13.8. The molecule has 0 aliphatic carbocycles. The Morgan fingerprint density at radius 1 is 1.53 bits per heavy atom. The molecule has 0 bridgehead atoms. The summed E-state index contributed by atoms with van der Waals surface area (Å²) in [6.45, 7) is 3.08. The molecule has 92 valence electrons. The molecule has 0 saturated carbocycles. The van der Waals surface area contributed by atoms with Gasteiger partial charge in [0, 0.05) is 17.8 Å². The molecule has 1 amide bonds. The number of aliphatic carboxylic acids is 1. The lowest BCUT2D eigenvalue weighted by Gasteiger charge is -2.24. The molecule has 1 rings (SSSR count). The molecule has 0 saturated heterocycles. The monoisotopic (exact) mass is 238 g/mol. The number of amides is 1. The molecule has 0 aliphatic rings. The Labute approximate surface area is 97.7 Å². The second-order valence-electron chi connectivity index (χ2n) is 3.89. The third-order valence-corrected chi connectivity index (χ3v) is 2.61. The number of nitrogens with one attached hydrogen (secondary N) is 2. The van der Waals surface area contributed by atoms with E-state index in [9.17, 15) is 14.4 Å². The quantitative estimate of drug-likeness (QED) is 0.705. The summed E-state index contributed by atoms with van der Waals surface area (Å²) in [6.07, 6.45) is 1.58. The van der Waals surface area contributed by atoms with Gasteiger partial charge < -0.3 is 15.4 Å². The van der Waals surface area contributed by atoms with E-state index in [0.717, 1.165) is 6.07 Å². The van der Waals surface area contributed by atoms with E-state index in [0.29, 0.717) is 0 Å². The molecule has 1 heterocycles. The standard InChI is InChI=1S/C11H14N2O4/c1-3-11(2,10(16)17)13-9(15)7-4-5-12-8(14)6-7/h4-6H,3H2,1-2H3,(H,12,14)(H,13,15)(H,16,17). The van der Waals surface area contributed by atoms with E-state index >= 15 is 0 Å². The van der Waals surface area contributed by atoms with E-state index in [2.05, 4.69) is 10.3 Å². The maximum Gasteiger partial charge on any atom is 0.329 e. The van der Waals surface area contributed by atoms with Crippen LogP contribution in [0.3, 0.4) is 0 Å². The van der Waals surface area contributed by atoms with E-state index in [1.54, 1.807) is 6.92 Å². The highest BCUT2D eigenvalue weighted by Crippen LogP contribution is 2.10. The van der Waals surface area contributed by atoms with Gasteiger partial charge in [0.05, 0.1) is 0 Å². The van der Waals surface area contributed by atoms with Crippen molar-refractivity contribution in [2.24, 2.45) is 0 Å². The lowest BCUT2D eigenvalue weighted by Crippen LogP contribution is -2.51. The van der Waals surface area contributed by atoms with E-state index in [4.69, 9.17) is 5.11 Å². The minimum absolute atomic E-state index is 0.134. The Morgan fingerprint density at radius 3 is 2.65 bits per heavy atom. The summed E-state index contributed by atoms with van der Waals surface area (Å²) >= 11 is 0. The Bertz CT molecular complexity index is 494. The fourth-order valence-electron chi connectivity index (χ4n) is 1.20. The van der Waals surface area contributed by atoms with Crippen molar-refractivity contribution in [3.05, 3.63) is 34.2 Å². The molecule has 6 nitrogen and oxygen atoms in total. The topological polar surface area (TPSA) is 99.3 Å². The number of carboxylic acids is 1. The molecular formula is C11H14N2O4. The number of rotatable bonds is 4. The Balaban J connectivity index is 2.93. The molecule has 0 radical (unpaired) electrons. The first kappa shape index (κ1) is 13.0. The van der Waals surface area contributed by atoms with Crippen molar-refractivity contribution in [2.75, 3.05) is 0 Å². The molecule has 1 atom stereocenters. The first-order valence-corrected chi connectivity index (χ1v) is 5.13. The van der Waals surface area contributed by atoms with Crippen LogP contribution in [0.4, 0.5) is 0 Å². The third kappa shape index (κ3) is 2.93. The molecular weight excluding hydrogens is 224 g/mol. The van der Waals surface area contributed by atoms with Gasteiger partial charge in [0.1, 0.15) is 5.54 Å². The van der Waals surface area contributed by atoms with Crippen LogP contribution in [0.5, 0.6) is 0 Å². The fourth-order valence-corrected chi connectivity index (χ4v) is 1.20. The predicted octanol–water partition coefficient (Wildman–Crippen LogP) is 0.358. The summed E-state index contributed by atoms with van der Waals surface area (Å²) in [4.78, 5) is 36.1. The van der Waals surface area contributed by atoms with Crippen LogP contribution >= 0.6 is 0 Å². The summed E-state index contributed by atoms with van der Waals surface area (Å²) in [5.41, 5.74) is -1.61. The predicted molar refractivity (Wildman–Crippen MR) is 60.9 cm³/mol. The smallest absolute Gasteiger partial charge is 0.329 e. The zero-order chi connectivity index (χ0) is 13.1. The van der Waals surface area contributed by atoms with E-state index in [1.165, 1.54) is 19.2 Å². The minimum Gasteiger partial charge on any atom is -0.480 e. The van der Waals surface area contributed by atoms with Gasteiger partial charge in [-0.2, -0.15) is 0 Å². The van der Waals surface area contributed by atoms with Gasteiger partial charge in [-0.3, -0.25) is 9.59 Å². The molecule has 1 unspecified atom stereocenters. The summed E-state index contributed by atoms with van der Waals surface area (Å²) in [5.74, 6) is -1.69. The van der Waals surface area contributed by atoms with Gasteiger partial charge in [-0.1, -0.05) is 6.92 Å². The second kappa shape index (κ2) is 4.82. The number of carbonyl (C=O) groups excluding carboxylic acids is 1. The van der Waals surface area contributed by atoms with Gasteiger partial charge in [0.2, 0.25) is 5.56 Å². The summed E-state index contributed by atoms with van der Waals surface area (Å²) in [6, 6.07) is 2.53. The highest BCUT2D eigenvalue weighted by atomic mass is 16.4. The zero-order valence-electron chi connectivity index (χ0n) is 9.61. The lowest BCUT2D eigenvalue weighted by molar-refractivity contribution is -0.143. The second-order valence-corrected chi connectivity index (χ2v) is 3.89. The lowest BCUT2D eigenvalue weighted by atomic mass is 9.98. The van der Waals surface area contributed by atoms with Crippen molar-refractivity contribution in [2.45, 2.75) is 25.8 Å². The average molecular weight is 238 g/mol. The third-order valence-electron chi connectivity index (χ3n) is 2.61. The van der Waals surface area contributed by atoms with E-state index in [1.807, 2.05) is 0 Å². The zero-order valence-corrected chi connectivity index (χ0v) is 9.61. The molecule has 0 fully saturated rings. The number of aromatic nitrogens is 1. The van der Waals surface area contributed by atoms with Crippen molar-refractivity contribution in [1.29, 1.82) is 0 Å². The Kier molecular flexibility index (Phi) is 3.67. The summed E-state index contributed by atoms with van der Waals surface area (Å²) in [5, 5.41) is 11.4. The number of hydrogen-bond acceptors (Lipinski definition) is 3. The first-order valence-electron chi connectivity index (χ1n) is 5.13. The molecule has 0 aliphatic heterocycles. The number of H-pyrrole nitrogens is 1. The molecule has 17 heavy (non-hydrogen) atoms. The van der Waals surface area contributed by atoms with Gasteiger partial charge >= 0.3 is 5.97 Å². The van der Waals surface area contributed by atoms with Crippen molar-refractivity contribution in [3.63, 3.8) is 0 Å².